The van der Waals surface area contributed by atoms with Crippen molar-refractivity contribution in [2.45, 2.75) is 95.4 Å². The van der Waals surface area contributed by atoms with Crippen LogP contribution in [-0.2, 0) is 19.1 Å². The number of aromatic amines is 1. The molecule has 1 aromatic heterocycles. The number of ketones is 1. The number of fused-ring (bicyclic) bond motifs is 1. The summed E-state index contributed by atoms with van der Waals surface area (Å²) in [6.07, 6.45) is 7.45. The van der Waals surface area contributed by atoms with Gasteiger partial charge in [0.1, 0.15) is 17.7 Å². The van der Waals surface area contributed by atoms with Crippen LogP contribution in [0.4, 0.5) is 9.59 Å². The van der Waals surface area contributed by atoms with Crippen LogP contribution in [0.15, 0.2) is 59.7 Å². The summed E-state index contributed by atoms with van der Waals surface area (Å²) in [6.45, 7) is 4.55. The second kappa shape index (κ2) is 16.0. The molecular weight excluding hydrogens is 686 g/mol. The molecule has 13 heteroatoms. The minimum absolute atomic E-state index is 0.0150. The number of alkyl carbamates (subject to hydrolysis) is 2. The van der Waals surface area contributed by atoms with E-state index in [1.807, 2.05) is 24.9 Å². The zero-order valence-corrected chi connectivity index (χ0v) is 31.5. The summed E-state index contributed by atoms with van der Waals surface area (Å²) in [5.41, 5.74) is 5.08. The molecule has 2 unspecified atom stereocenters. The summed E-state index contributed by atoms with van der Waals surface area (Å²) < 4.78 is 9.54. The van der Waals surface area contributed by atoms with Crippen molar-refractivity contribution in [3.8, 4) is 22.4 Å². The van der Waals surface area contributed by atoms with E-state index in [4.69, 9.17) is 19.5 Å². The van der Waals surface area contributed by atoms with Gasteiger partial charge in [0.15, 0.2) is 5.78 Å². The van der Waals surface area contributed by atoms with Gasteiger partial charge in [-0.2, -0.15) is 0 Å². The van der Waals surface area contributed by atoms with Crippen LogP contribution in [0.5, 0.6) is 0 Å². The van der Waals surface area contributed by atoms with E-state index in [0.29, 0.717) is 13.0 Å². The average Bonchev–Trinajstić information content (AvgIpc) is 4.02. The average molecular weight is 738 g/mol. The standard InChI is InChI=1S/C41H51N7O6/c1-23(2)35(47-41(52)54-4)36(49)29-8-6-9-30(29)37-42-21-32(44-37)26-15-11-24(12-16-26)25-13-17-27(18-14-25)33-22-43-38(45-33)34-20-19-28-7-5-10-31(39(50)48(28)34)46-40(51)53-3/h11-18,22-23,28-32,34-35H,5-10,19-21H2,1-4H3,(H,42,44)(H,43,45)(H,46,51)(H,47,52)/t28-,29?,30-,31+,32?,34+,35+/m1/s1. The Morgan fingerprint density at radius 3 is 2.24 bits per heavy atom. The van der Waals surface area contributed by atoms with Gasteiger partial charge < -0.3 is 35.3 Å². The van der Waals surface area contributed by atoms with Gasteiger partial charge in [0.2, 0.25) is 5.91 Å². The van der Waals surface area contributed by atoms with Gasteiger partial charge in [-0.3, -0.25) is 14.6 Å². The minimum Gasteiger partial charge on any atom is -0.453 e. The molecule has 0 radical (unpaired) electrons. The number of aromatic nitrogens is 2. The molecule has 7 rings (SSSR count). The number of nitrogens with one attached hydrogen (secondary N) is 4. The third-order valence-electron chi connectivity index (χ3n) is 11.7. The molecule has 3 aromatic rings. The van der Waals surface area contributed by atoms with Crippen LogP contribution in [0.3, 0.4) is 0 Å². The first-order valence-corrected chi connectivity index (χ1v) is 19.3. The number of amidine groups is 1. The number of H-pyrrole nitrogens is 1. The molecule has 54 heavy (non-hydrogen) atoms. The Balaban J connectivity index is 0.993. The van der Waals surface area contributed by atoms with E-state index in [2.05, 4.69) is 69.5 Å². The first-order chi connectivity index (χ1) is 26.1. The lowest BCUT2D eigenvalue weighted by molar-refractivity contribution is -0.135. The molecule has 1 aliphatic carbocycles. The number of amides is 3. The number of nitrogens with zero attached hydrogens (tertiary/aromatic N) is 3. The lowest BCUT2D eigenvalue weighted by Gasteiger charge is -2.30. The Labute approximate surface area is 316 Å². The quantitative estimate of drug-likeness (QED) is 0.194. The smallest absolute Gasteiger partial charge is 0.407 e. The molecule has 4 aliphatic rings. The van der Waals surface area contributed by atoms with Gasteiger partial charge in [-0.1, -0.05) is 68.8 Å². The summed E-state index contributed by atoms with van der Waals surface area (Å²) >= 11 is 0. The van der Waals surface area contributed by atoms with Crippen LogP contribution < -0.4 is 16.0 Å². The molecule has 0 bridgehead atoms. The highest BCUT2D eigenvalue weighted by molar-refractivity contribution is 5.96. The number of benzene rings is 2. The van der Waals surface area contributed by atoms with Crippen LogP contribution in [0.2, 0.25) is 0 Å². The lowest BCUT2D eigenvalue weighted by Crippen LogP contribution is -2.49. The number of carbonyl (C=O) groups is 4. The van der Waals surface area contributed by atoms with Crippen molar-refractivity contribution in [3.63, 3.8) is 0 Å². The summed E-state index contributed by atoms with van der Waals surface area (Å²) in [4.78, 5) is 66.3. The van der Waals surface area contributed by atoms with Crippen molar-refractivity contribution in [1.82, 2.24) is 30.8 Å². The van der Waals surface area contributed by atoms with Gasteiger partial charge in [-0.05, 0) is 67.6 Å². The molecule has 3 aliphatic heterocycles. The zero-order chi connectivity index (χ0) is 37.9. The van der Waals surface area contributed by atoms with E-state index < -0.39 is 24.3 Å². The maximum atomic E-state index is 13.6. The predicted octanol–water partition coefficient (Wildman–Crippen LogP) is 6.09. The fraction of sp³-hybridized carbons (Fsp3) is 0.512. The second-order valence-corrected chi connectivity index (χ2v) is 15.3. The normalized spacial score (nSPS) is 25.7. The van der Waals surface area contributed by atoms with Gasteiger partial charge in [0.25, 0.3) is 0 Å². The molecule has 2 saturated heterocycles. The highest BCUT2D eigenvalue weighted by Gasteiger charge is 2.44. The van der Waals surface area contributed by atoms with Crippen LogP contribution in [0, 0.1) is 17.8 Å². The number of aliphatic imine (C=N–C) groups is 1. The van der Waals surface area contributed by atoms with Crippen LogP contribution in [-0.4, -0.2) is 83.5 Å². The van der Waals surface area contributed by atoms with Crippen molar-refractivity contribution in [2.24, 2.45) is 22.7 Å². The SMILES string of the molecule is COC(=O)N[C@H]1CCC[C@@H]2CC[C@@H](c3nc(-c4ccc(-c5ccc(C6CNC([C@@H]7CCCC7C(=O)[C@@H](NC(=O)OC)C(C)C)=N6)cc5)cc4)c[nH]3)N2C1=O. The van der Waals surface area contributed by atoms with E-state index >= 15 is 0 Å². The number of hydrogen-bond donors (Lipinski definition) is 4. The second-order valence-electron chi connectivity index (χ2n) is 15.3. The van der Waals surface area contributed by atoms with Gasteiger partial charge >= 0.3 is 12.2 Å². The van der Waals surface area contributed by atoms with Gasteiger partial charge in [0.05, 0.1) is 38.0 Å². The number of ether oxygens (including phenoxy) is 2. The number of methoxy groups -OCH3 is 2. The van der Waals surface area contributed by atoms with E-state index in [0.717, 1.165) is 84.6 Å². The van der Waals surface area contributed by atoms with Crippen molar-refractivity contribution < 1.29 is 28.7 Å². The molecule has 7 atom stereocenters. The molecule has 0 spiro atoms. The zero-order valence-electron chi connectivity index (χ0n) is 31.5. The largest absolute Gasteiger partial charge is 0.453 e. The number of carbonyl (C=O) groups excluding carboxylic acids is 4. The predicted molar refractivity (Wildman–Crippen MR) is 203 cm³/mol. The van der Waals surface area contributed by atoms with Crippen LogP contribution in [0.25, 0.3) is 22.4 Å². The molecule has 4 N–H and O–H groups in total. The topological polar surface area (TPSA) is 167 Å². The van der Waals surface area contributed by atoms with E-state index in [-0.39, 0.29) is 47.6 Å². The van der Waals surface area contributed by atoms with E-state index in [9.17, 15) is 19.2 Å². The van der Waals surface area contributed by atoms with E-state index in [1.165, 1.54) is 14.2 Å². The third-order valence-corrected chi connectivity index (χ3v) is 11.7. The molecule has 3 fully saturated rings. The molecule has 286 valence electrons. The summed E-state index contributed by atoms with van der Waals surface area (Å²) in [7, 11) is 2.62. The minimum atomic E-state index is -0.595. The Morgan fingerprint density at radius 2 is 1.54 bits per heavy atom. The van der Waals surface area contributed by atoms with Gasteiger partial charge in [-0.15, -0.1) is 0 Å². The molecular formula is C41H51N7O6. The highest BCUT2D eigenvalue weighted by Crippen LogP contribution is 2.40. The molecule has 1 saturated carbocycles. The first kappa shape index (κ1) is 37.1. The number of imidazole rings is 1. The first-order valence-electron chi connectivity index (χ1n) is 19.3. The Kier molecular flexibility index (Phi) is 11.0. The highest BCUT2D eigenvalue weighted by atomic mass is 16.5. The van der Waals surface area contributed by atoms with Crippen molar-refractivity contribution in [2.75, 3.05) is 20.8 Å². The molecule has 4 heterocycles. The van der Waals surface area contributed by atoms with Crippen LogP contribution in [0.1, 0.15) is 88.7 Å². The van der Waals surface area contributed by atoms with Crippen molar-refractivity contribution >= 4 is 29.7 Å². The fourth-order valence-corrected chi connectivity index (χ4v) is 8.84. The molecule has 2 aromatic carbocycles. The van der Waals surface area contributed by atoms with E-state index in [1.54, 1.807) is 0 Å². The summed E-state index contributed by atoms with van der Waals surface area (Å²) in [5.74, 6) is 1.40. The van der Waals surface area contributed by atoms with Crippen LogP contribution >= 0.6 is 0 Å². The van der Waals surface area contributed by atoms with Gasteiger partial charge in [-0.25, -0.2) is 14.6 Å². The molecule has 3 amide bonds. The Bertz CT molecular complexity index is 1870. The number of Topliss-reactive ketones (excluding diaryl/α,β-unsaturated/α-hetero) is 1. The number of hydrogen-bond acceptors (Lipinski definition) is 9. The third kappa shape index (κ3) is 7.58. The van der Waals surface area contributed by atoms with Crippen molar-refractivity contribution in [3.05, 3.63) is 66.1 Å². The Hall–Kier alpha value is -5.20. The van der Waals surface area contributed by atoms with Crippen molar-refractivity contribution in [1.29, 1.82) is 0 Å². The Morgan fingerprint density at radius 1 is 0.852 bits per heavy atom. The maximum Gasteiger partial charge on any atom is 0.407 e. The van der Waals surface area contributed by atoms with Gasteiger partial charge in [0, 0.05) is 36.2 Å². The fourth-order valence-electron chi connectivity index (χ4n) is 8.84. The summed E-state index contributed by atoms with van der Waals surface area (Å²) in [5, 5.41) is 8.98. The maximum absolute atomic E-state index is 13.6. The monoisotopic (exact) mass is 737 g/mol. The number of rotatable bonds is 10. The summed E-state index contributed by atoms with van der Waals surface area (Å²) in [6, 6.07) is 15.6. The lowest BCUT2D eigenvalue weighted by atomic mass is 9.84. The molecule has 13 nitrogen and oxygen atoms in total.